The lowest BCUT2D eigenvalue weighted by molar-refractivity contribution is 0.416. The predicted molar refractivity (Wildman–Crippen MR) is 133 cm³/mol. The highest BCUT2D eigenvalue weighted by Gasteiger charge is 2.21. The number of nitrogens with one attached hydrogen (secondary N) is 2. The fourth-order valence-corrected chi connectivity index (χ4v) is 4.17. The van der Waals surface area contributed by atoms with E-state index in [1.807, 2.05) is 25.1 Å². The van der Waals surface area contributed by atoms with Gasteiger partial charge in [-0.05, 0) is 63.3 Å². The molecule has 2 N–H and O–H groups in total. The van der Waals surface area contributed by atoms with Crippen LogP contribution in [0.1, 0.15) is 75.6 Å². The number of hydrogen-bond donors (Lipinski definition) is 2. The van der Waals surface area contributed by atoms with Gasteiger partial charge in [-0.25, -0.2) is 4.98 Å². The molecule has 2 aromatic rings. The molecule has 0 amide bonds. The van der Waals surface area contributed by atoms with Crippen molar-refractivity contribution in [3.05, 3.63) is 41.1 Å². The topological polar surface area (TPSA) is 76.9 Å². The highest BCUT2D eigenvalue weighted by Crippen LogP contribution is 2.24. The Morgan fingerprint density at radius 2 is 1.97 bits per heavy atom. The predicted octanol–water partition coefficient (Wildman–Crippen LogP) is 5.49. The lowest BCUT2D eigenvalue weighted by atomic mass is 10.1. The highest BCUT2D eigenvalue weighted by atomic mass is 15.2. The lowest BCUT2D eigenvalue weighted by Crippen LogP contribution is -2.46. The number of anilines is 3. The Morgan fingerprint density at radius 3 is 2.75 bits per heavy atom. The number of aryl methyl sites for hydroxylation is 2. The molecule has 1 aromatic heterocycles. The van der Waals surface area contributed by atoms with Crippen molar-refractivity contribution in [3.63, 3.8) is 0 Å². The monoisotopic (exact) mass is 434 g/mol. The van der Waals surface area contributed by atoms with E-state index in [0.717, 1.165) is 61.7 Å². The minimum atomic E-state index is 0.515. The highest BCUT2D eigenvalue weighted by molar-refractivity contribution is 5.59. The van der Waals surface area contributed by atoms with Gasteiger partial charge < -0.3 is 15.5 Å². The first-order valence-electron chi connectivity index (χ1n) is 12.3. The van der Waals surface area contributed by atoms with Crippen molar-refractivity contribution in [1.82, 2.24) is 15.3 Å². The van der Waals surface area contributed by atoms with Gasteiger partial charge in [0.2, 0.25) is 5.95 Å². The van der Waals surface area contributed by atoms with E-state index >= 15 is 0 Å². The van der Waals surface area contributed by atoms with Crippen molar-refractivity contribution >= 4 is 17.5 Å². The van der Waals surface area contributed by atoms with Crippen LogP contribution in [0, 0.1) is 18.3 Å². The summed E-state index contributed by atoms with van der Waals surface area (Å²) in [7, 11) is 0. The average molecular weight is 435 g/mol. The van der Waals surface area contributed by atoms with Gasteiger partial charge in [-0.15, -0.1) is 0 Å². The van der Waals surface area contributed by atoms with E-state index in [0.29, 0.717) is 17.6 Å². The molecule has 6 heteroatoms. The third-order valence-electron chi connectivity index (χ3n) is 6.13. The second kappa shape index (κ2) is 12.4. The lowest BCUT2D eigenvalue weighted by Gasteiger charge is -2.34. The summed E-state index contributed by atoms with van der Waals surface area (Å²) < 4.78 is 0. The molecule has 6 nitrogen and oxygen atoms in total. The van der Waals surface area contributed by atoms with Crippen molar-refractivity contribution in [2.75, 3.05) is 29.9 Å². The van der Waals surface area contributed by atoms with Gasteiger partial charge in [0, 0.05) is 36.6 Å². The molecule has 0 unspecified atom stereocenters. The van der Waals surface area contributed by atoms with Crippen LogP contribution in [0.5, 0.6) is 0 Å². The molecule has 1 saturated heterocycles. The van der Waals surface area contributed by atoms with Gasteiger partial charge in [0.1, 0.15) is 5.82 Å². The van der Waals surface area contributed by atoms with Crippen molar-refractivity contribution < 1.29 is 0 Å². The molecule has 1 atom stereocenters. The summed E-state index contributed by atoms with van der Waals surface area (Å²) >= 11 is 0. The first kappa shape index (κ1) is 24.0. The second-order valence-electron chi connectivity index (χ2n) is 8.86. The molecular weight excluding hydrogens is 396 g/mol. The van der Waals surface area contributed by atoms with Crippen molar-refractivity contribution in [2.24, 2.45) is 0 Å². The van der Waals surface area contributed by atoms with Crippen molar-refractivity contribution in [2.45, 2.75) is 78.2 Å². The number of aromatic nitrogens is 2. The number of nitrogens with zero attached hydrogens (tertiary/aromatic N) is 4. The van der Waals surface area contributed by atoms with Crippen LogP contribution in [0.2, 0.25) is 0 Å². The first-order valence-corrected chi connectivity index (χ1v) is 12.3. The Bertz CT molecular complexity index is 904. The second-order valence-corrected chi connectivity index (χ2v) is 8.86. The molecule has 0 saturated carbocycles. The van der Waals surface area contributed by atoms with Gasteiger partial charge in [-0.3, -0.25) is 0 Å². The Morgan fingerprint density at radius 1 is 1.12 bits per heavy atom. The fourth-order valence-electron chi connectivity index (χ4n) is 4.17. The van der Waals surface area contributed by atoms with Crippen LogP contribution in [0.25, 0.3) is 0 Å². The standard InChI is InChI=1S/C26H38N6/c1-4-6-8-14-28-24-11-9-15-32(19-24)25-17-22(10-7-5-2)29-26(31-25)30-23-13-12-20(3)21(16-23)18-27/h12-13,16-17,24,28H,4-11,14-15,19H2,1-3H3,(H,29,30,31)/t24-/m1/s1. The number of unbranched alkanes of at least 4 members (excludes halogenated alkanes) is 3. The van der Waals surface area contributed by atoms with Gasteiger partial charge in [0.25, 0.3) is 0 Å². The third kappa shape index (κ3) is 6.93. The van der Waals surface area contributed by atoms with Crippen LogP contribution < -0.4 is 15.5 Å². The number of piperidine rings is 1. The maximum absolute atomic E-state index is 9.36. The molecule has 1 aromatic carbocycles. The molecule has 2 heterocycles. The Kier molecular flexibility index (Phi) is 9.30. The van der Waals surface area contributed by atoms with Crippen LogP contribution in [-0.2, 0) is 6.42 Å². The largest absolute Gasteiger partial charge is 0.355 e. The Labute approximate surface area is 193 Å². The zero-order valence-electron chi connectivity index (χ0n) is 20.0. The molecule has 0 spiro atoms. The van der Waals surface area contributed by atoms with E-state index < -0.39 is 0 Å². The molecule has 0 bridgehead atoms. The van der Waals surface area contributed by atoms with Gasteiger partial charge in [-0.2, -0.15) is 10.2 Å². The summed E-state index contributed by atoms with van der Waals surface area (Å²) in [4.78, 5) is 12.1. The maximum Gasteiger partial charge on any atom is 0.229 e. The van der Waals surface area contributed by atoms with Crippen LogP contribution in [0.15, 0.2) is 24.3 Å². The molecule has 1 fully saturated rings. The fraction of sp³-hybridized carbons (Fsp3) is 0.577. The van der Waals surface area contributed by atoms with E-state index in [9.17, 15) is 5.26 Å². The maximum atomic E-state index is 9.36. The van der Waals surface area contributed by atoms with E-state index in [-0.39, 0.29) is 0 Å². The molecule has 0 aliphatic carbocycles. The molecule has 172 valence electrons. The van der Waals surface area contributed by atoms with Crippen LogP contribution >= 0.6 is 0 Å². The SMILES string of the molecule is CCCCCN[C@@H]1CCCN(c2cc(CCCC)nc(Nc3ccc(C)c(C#N)c3)n2)C1. The van der Waals surface area contributed by atoms with Crippen molar-refractivity contribution in [1.29, 1.82) is 5.26 Å². The first-order chi connectivity index (χ1) is 15.6. The molecule has 1 aliphatic heterocycles. The van der Waals surface area contributed by atoms with Gasteiger partial charge in [0.05, 0.1) is 11.6 Å². The Balaban J connectivity index is 1.77. The number of benzene rings is 1. The molecule has 3 rings (SSSR count). The van der Waals surface area contributed by atoms with Crippen molar-refractivity contribution in [3.8, 4) is 6.07 Å². The summed E-state index contributed by atoms with van der Waals surface area (Å²) in [6.07, 6.45) is 9.39. The number of rotatable bonds is 11. The minimum Gasteiger partial charge on any atom is -0.355 e. The summed E-state index contributed by atoms with van der Waals surface area (Å²) in [5.74, 6) is 1.61. The molecule has 1 aliphatic rings. The summed E-state index contributed by atoms with van der Waals surface area (Å²) in [5, 5.41) is 16.5. The van der Waals surface area contributed by atoms with Gasteiger partial charge in [-0.1, -0.05) is 39.2 Å². The number of hydrogen-bond acceptors (Lipinski definition) is 6. The van der Waals surface area contributed by atoms with E-state index in [1.54, 1.807) is 0 Å². The van der Waals surface area contributed by atoms with E-state index in [1.165, 1.54) is 32.1 Å². The van der Waals surface area contributed by atoms with Gasteiger partial charge in [0.15, 0.2) is 0 Å². The van der Waals surface area contributed by atoms with E-state index in [2.05, 4.69) is 41.5 Å². The summed E-state index contributed by atoms with van der Waals surface area (Å²) in [6, 6.07) is 10.7. The zero-order chi connectivity index (χ0) is 22.8. The smallest absolute Gasteiger partial charge is 0.229 e. The molecule has 32 heavy (non-hydrogen) atoms. The summed E-state index contributed by atoms with van der Waals surface area (Å²) in [6.45, 7) is 9.51. The average Bonchev–Trinajstić information content (AvgIpc) is 2.82. The van der Waals surface area contributed by atoms with Crippen LogP contribution in [-0.4, -0.2) is 35.6 Å². The normalized spacial score (nSPS) is 16.1. The summed E-state index contributed by atoms with van der Waals surface area (Å²) in [5.41, 5.74) is 3.57. The number of nitriles is 1. The molecule has 0 radical (unpaired) electrons. The van der Waals surface area contributed by atoms with Gasteiger partial charge >= 0.3 is 0 Å². The van der Waals surface area contributed by atoms with Crippen LogP contribution in [0.3, 0.4) is 0 Å². The Hall–Kier alpha value is -2.65. The zero-order valence-corrected chi connectivity index (χ0v) is 20.0. The molecular formula is C26H38N6. The quantitative estimate of drug-likeness (QED) is 0.455. The minimum absolute atomic E-state index is 0.515. The van der Waals surface area contributed by atoms with E-state index in [4.69, 9.17) is 9.97 Å². The van der Waals surface area contributed by atoms with Crippen LogP contribution in [0.4, 0.5) is 17.5 Å². The third-order valence-corrected chi connectivity index (χ3v) is 6.13.